The van der Waals surface area contributed by atoms with Crippen LogP contribution in [0.5, 0.6) is 0 Å². The summed E-state index contributed by atoms with van der Waals surface area (Å²) in [7, 11) is 0. The van der Waals surface area contributed by atoms with Gasteiger partial charge < -0.3 is 10.6 Å². The molecule has 1 aliphatic rings. The van der Waals surface area contributed by atoms with Gasteiger partial charge in [0, 0.05) is 18.0 Å². The minimum atomic E-state index is -0.104. The predicted octanol–water partition coefficient (Wildman–Crippen LogP) is 0.882. The number of nitrogens with zero attached hydrogens (tertiary/aromatic N) is 1. The highest BCUT2D eigenvalue weighted by atomic mass is 32.1. The number of hydrogen-bond donors (Lipinski definition) is 2. The highest BCUT2D eigenvalue weighted by Crippen LogP contribution is 2.09. The van der Waals surface area contributed by atoms with Crippen LogP contribution in [-0.4, -0.2) is 34.1 Å². The average molecular weight is 285 g/mol. The Hall–Kier alpha value is -1.05. The summed E-state index contributed by atoms with van der Waals surface area (Å²) >= 11 is 11.8. The SMILES string of the molecule is O=C(Cc1cccs1)NC(=S)N1CCNC1=S. The highest BCUT2D eigenvalue weighted by molar-refractivity contribution is 7.81. The van der Waals surface area contributed by atoms with E-state index in [1.807, 2.05) is 17.5 Å². The number of thiophene rings is 1. The lowest BCUT2D eigenvalue weighted by Crippen LogP contribution is -2.44. The molecule has 0 atom stereocenters. The molecular weight excluding hydrogens is 274 g/mol. The van der Waals surface area contributed by atoms with Gasteiger partial charge in [0.25, 0.3) is 0 Å². The van der Waals surface area contributed by atoms with E-state index in [0.717, 1.165) is 11.4 Å². The number of carbonyl (C=O) groups is 1. The van der Waals surface area contributed by atoms with Crippen molar-refractivity contribution in [2.24, 2.45) is 0 Å². The molecule has 1 aliphatic heterocycles. The molecule has 0 aromatic carbocycles. The summed E-state index contributed by atoms with van der Waals surface area (Å²) in [5.41, 5.74) is 0. The van der Waals surface area contributed by atoms with Crippen LogP contribution in [0.1, 0.15) is 4.88 Å². The van der Waals surface area contributed by atoms with Crippen molar-refractivity contribution in [3.05, 3.63) is 22.4 Å². The molecule has 0 bridgehead atoms. The monoisotopic (exact) mass is 285 g/mol. The van der Waals surface area contributed by atoms with Crippen LogP contribution in [0, 0.1) is 0 Å². The van der Waals surface area contributed by atoms with Crippen LogP contribution in [0.3, 0.4) is 0 Å². The standard InChI is InChI=1S/C10H11N3OS3/c14-8(6-7-2-1-5-17-7)12-10(16)13-4-3-11-9(13)15/h1-2,5H,3-4,6H2,(H,11,15)(H,12,14,16). The quantitative estimate of drug-likeness (QED) is 0.790. The molecular formula is C10H11N3OS3. The summed E-state index contributed by atoms with van der Waals surface area (Å²) in [5, 5.41) is 8.57. The molecule has 2 heterocycles. The normalized spacial score (nSPS) is 14.6. The second-order valence-electron chi connectivity index (χ2n) is 3.49. The third kappa shape index (κ3) is 3.21. The lowest BCUT2D eigenvalue weighted by atomic mass is 10.3. The molecule has 0 spiro atoms. The van der Waals surface area contributed by atoms with Gasteiger partial charge in [-0.25, -0.2) is 0 Å². The topological polar surface area (TPSA) is 44.4 Å². The van der Waals surface area contributed by atoms with Gasteiger partial charge in [-0.05, 0) is 35.9 Å². The molecule has 1 aromatic rings. The Morgan fingerprint density at radius 2 is 2.47 bits per heavy atom. The van der Waals surface area contributed by atoms with Crippen LogP contribution in [-0.2, 0) is 11.2 Å². The largest absolute Gasteiger partial charge is 0.360 e. The zero-order chi connectivity index (χ0) is 12.3. The van der Waals surface area contributed by atoms with E-state index in [9.17, 15) is 4.79 Å². The van der Waals surface area contributed by atoms with E-state index in [-0.39, 0.29) is 5.91 Å². The van der Waals surface area contributed by atoms with Crippen molar-refractivity contribution in [3.8, 4) is 0 Å². The average Bonchev–Trinajstić information content (AvgIpc) is 2.88. The number of carbonyl (C=O) groups excluding carboxylic acids is 1. The maximum Gasteiger partial charge on any atom is 0.231 e. The zero-order valence-electron chi connectivity index (χ0n) is 8.93. The van der Waals surface area contributed by atoms with E-state index < -0.39 is 0 Å². The van der Waals surface area contributed by atoms with Crippen LogP contribution in [0.4, 0.5) is 0 Å². The van der Waals surface area contributed by atoms with Crippen molar-refractivity contribution in [2.75, 3.05) is 13.1 Å². The van der Waals surface area contributed by atoms with E-state index in [2.05, 4.69) is 10.6 Å². The fourth-order valence-electron chi connectivity index (χ4n) is 1.47. The molecule has 2 rings (SSSR count). The summed E-state index contributed by atoms with van der Waals surface area (Å²) in [6.45, 7) is 1.47. The number of hydrogen-bond acceptors (Lipinski definition) is 4. The van der Waals surface area contributed by atoms with Gasteiger partial charge in [0.05, 0.1) is 6.42 Å². The number of amides is 1. The van der Waals surface area contributed by atoms with Crippen LogP contribution in [0.15, 0.2) is 17.5 Å². The van der Waals surface area contributed by atoms with E-state index in [1.54, 1.807) is 16.2 Å². The molecule has 0 saturated carbocycles. The molecule has 1 fully saturated rings. The number of thiocarbonyl (C=S) groups is 2. The molecule has 1 saturated heterocycles. The van der Waals surface area contributed by atoms with Gasteiger partial charge in [-0.15, -0.1) is 11.3 Å². The third-order valence-electron chi connectivity index (χ3n) is 2.26. The van der Waals surface area contributed by atoms with Crippen molar-refractivity contribution in [1.29, 1.82) is 0 Å². The van der Waals surface area contributed by atoms with Crippen molar-refractivity contribution in [2.45, 2.75) is 6.42 Å². The van der Waals surface area contributed by atoms with Gasteiger partial charge in [-0.1, -0.05) is 6.07 Å². The minimum Gasteiger partial charge on any atom is -0.360 e. The molecule has 7 heteroatoms. The van der Waals surface area contributed by atoms with Crippen molar-refractivity contribution < 1.29 is 4.79 Å². The molecule has 0 aliphatic carbocycles. The Balaban J connectivity index is 1.86. The molecule has 1 aromatic heterocycles. The lowest BCUT2D eigenvalue weighted by Gasteiger charge is -2.17. The van der Waals surface area contributed by atoms with Gasteiger partial charge >= 0.3 is 0 Å². The Labute approximate surface area is 114 Å². The zero-order valence-corrected chi connectivity index (χ0v) is 11.4. The molecule has 0 radical (unpaired) electrons. The fourth-order valence-corrected chi connectivity index (χ4v) is 2.81. The van der Waals surface area contributed by atoms with Crippen molar-refractivity contribution in [1.82, 2.24) is 15.5 Å². The molecule has 17 heavy (non-hydrogen) atoms. The van der Waals surface area contributed by atoms with Crippen LogP contribution in [0.2, 0.25) is 0 Å². The first kappa shape index (κ1) is 12.4. The van der Waals surface area contributed by atoms with E-state index in [4.69, 9.17) is 24.4 Å². The smallest absolute Gasteiger partial charge is 0.231 e. The predicted molar refractivity (Wildman–Crippen MR) is 76.1 cm³/mol. The molecule has 0 unspecified atom stereocenters. The minimum absolute atomic E-state index is 0.104. The Bertz CT molecular complexity index is 444. The van der Waals surface area contributed by atoms with Crippen LogP contribution < -0.4 is 10.6 Å². The maximum atomic E-state index is 11.7. The maximum absolute atomic E-state index is 11.7. The summed E-state index contributed by atoms with van der Waals surface area (Å²) in [4.78, 5) is 14.4. The summed E-state index contributed by atoms with van der Waals surface area (Å²) < 4.78 is 0. The van der Waals surface area contributed by atoms with Gasteiger partial charge in [0.2, 0.25) is 5.91 Å². The van der Waals surface area contributed by atoms with Gasteiger partial charge in [0.15, 0.2) is 10.2 Å². The second-order valence-corrected chi connectivity index (χ2v) is 5.30. The number of nitrogens with one attached hydrogen (secondary N) is 2. The van der Waals surface area contributed by atoms with Crippen LogP contribution >= 0.6 is 35.8 Å². The Kier molecular flexibility index (Phi) is 4.03. The summed E-state index contributed by atoms with van der Waals surface area (Å²) in [5.74, 6) is -0.104. The lowest BCUT2D eigenvalue weighted by molar-refractivity contribution is -0.119. The van der Waals surface area contributed by atoms with Gasteiger partial charge in [0.1, 0.15) is 0 Å². The second kappa shape index (κ2) is 5.52. The highest BCUT2D eigenvalue weighted by Gasteiger charge is 2.21. The molecule has 2 N–H and O–H groups in total. The van der Waals surface area contributed by atoms with Crippen molar-refractivity contribution >= 4 is 51.9 Å². The first-order chi connectivity index (χ1) is 8.16. The molecule has 4 nitrogen and oxygen atoms in total. The van der Waals surface area contributed by atoms with Gasteiger partial charge in [-0.2, -0.15) is 0 Å². The van der Waals surface area contributed by atoms with E-state index >= 15 is 0 Å². The van der Waals surface area contributed by atoms with Gasteiger partial charge in [-0.3, -0.25) is 9.69 Å². The van der Waals surface area contributed by atoms with E-state index in [0.29, 0.717) is 23.2 Å². The number of rotatable bonds is 2. The molecule has 90 valence electrons. The van der Waals surface area contributed by atoms with Crippen LogP contribution in [0.25, 0.3) is 0 Å². The Morgan fingerprint density at radius 3 is 3.06 bits per heavy atom. The van der Waals surface area contributed by atoms with Crippen molar-refractivity contribution in [3.63, 3.8) is 0 Å². The summed E-state index contributed by atoms with van der Waals surface area (Å²) in [6, 6.07) is 3.85. The van der Waals surface area contributed by atoms with E-state index in [1.165, 1.54) is 0 Å². The first-order valence-corrected chi connectivity index (χ1v) is 6.78. The first-order valence-electron chi connectivity index (χ1n) is 5.08. The summed E-state index contributed by atoms with van der Waals surface area (Å²) in [6.07, 6.45) is 0.353. The molecule has 1 amide bonds. The third-order valence-corrected chi connectivity index (χ3v) is 3.83. The Morgan fingerprint density at radius 1 is 1.65 bits per heavy atom. The fraction of sp³-hybridized carbons (Fsp3) is 0.300.